The fourth-order valence-electron chi connectivity index (χ4n) is 2.04. The predicted molar refractivity (Wildman–Crippen MR) is 68.3 cm³/mol. The summed E-state index contributed by atoms with van der Waals surface area (Å²) in [7, 11) is 0. The van der Waals surface area contributed by atoms with Crippen LogP contribution in [0.15, 0.2) is 18.2 Å². The maximum absolute atomic E-state index is 11.7. The van der Waals surface area contributed by atoms with Crippen molar-refractivity contribution >= 4 is 5.91 Å². The van der Waals surface area contributed by atoms with Gasteiger partial charge in [-0.05, 0) is 43.5 Å². The van der Waals surface area contributed by atoms with Crippen LogP contribution < -0.4 is 4.74 Å². The molecule has 1 aromatic carbocycles. The van der Waals surface area contributed by atoms with E-state index in [0.717, 1.165) is 12.2 Å². The van der Waals surface area contributed by atoms with Crippen molar-refractivity contribution in [3.63, 3.8) is 0 Å². The topological polar surface area (TPSA) is 38.8 Å². The van der Waals surface area contributed by atoms with Crippen LogP contribution in [0.3, 0.4) is 0 Å². The second-order valence-electron chi connectivity index (χ2n) is 4.60. The van der Waals surface area contributed by atoms with Gasteiger partial charge in [0.25, 0.3) is 0 Å². The highest BCUT2D eigenvalue weighted by Gasteiger charge is 2.18. The van der Waals surface area contributed by atoms with Gasteiger partial charge in [0.1, 0.15) is 5.75 Å². The number of aryl methyl sites for hydroxylation is 2. The minimum Gasteiger partial charge on any atom is -0.493 e. The largest absolute Gasteiger partial charge is 0.493 e. The monoisotopic (exact) mass is 249 g/mol. The van der Waals surface area contributed by atoms with E-state index in [9.17, 15) is 4.79 Å². The standard InChI is InChI=1S/C14H19NO3/c1-11-8-12(2)10-13(9-11)17-7-4-14(16)15-5-3-6-18-15/h8-10H,3-7H2,1-2H3. The number of amides is 1. The Bertz CT molecular complexity index is 405. The molecule has 2 rings (SSSR count). The molecule has 18 heavy (non-hydrogen) atoms. The van der Waals surface area contributed by atoms with E-state index in [1.165, 1.54) is 16.2 Å². The van der Waals surface area contributed by atoms with Crippen LogP contribution >= 0.6 is 0 Å². The first-order valence-electron chi connectivity index (χ1n) is 6.29. The lowest BCUT2D eigenvalue weighted by molar-refractivity contribution is -0.169. The van der Waals surface area contributed by atoms with Crippen LogP contribution in [0.1, 0.15) is 24.0 Å². The van der Waals surface area contributed by atoms with Crippen LogP contribution in [0.5, 0.6) is 5.75 Å². The summed E-state index contributed by atoms with van der Waals surface area (Å²) >= 11 is 0. The van der Waals surface area contributed by atoms with Gasteiger partial charge in [0.2, 0.25) is 5.91 Å². The van der Waals surface area contributed by atoms with E-state index >= 15 is 0 Å². The van der Waals surface area contributed by atoms with Gasteiger partial charge in [-0.1, -0.05) is 6.07 Å². The Balaban J connectivity index is 1.79. The number of ether oxygens (including phenoxy) is 1. The van der Waals surface area contributed by atoms with Gasteiger partial charge in [0.05, 0.1) is 26.2 Å². The van der Waals surface area contributed by atoms with Gasteiger partial charge in [-0.2, -0.15) is 0 Å². The van der Waals surface area contributed by atoms with Gasteiger partial charge in [-0.3, -0.25) is 9.63 Å². The summed E-state index contributed by atoms with van der Waals surface area (Å²) in [6.07, 6.45) is 1.27. The zero-order chi connectivity index (χ0) is 13.0. The third kappa shape index (κ3) is 3.47. The van der Waals surface area contributed by atoms with Gasteiger partial charge < -0.3 is 4.74 Å². The molecule has 1 saturated heterocycles. The molecule has 0 bridgehead atoms. The summed E-state index contributed by atoms with van der Waals surface area (Å²) in [4.78, 5) is 16.9. The van der Waals surface area contributed by atoms with E-state index in [0.29, 0.717) is 26.2 Å². The lowest BCUT2D eigenvalue weighted by atomic mass is 10.1. The van der Waals surface area contributed by atoms with Crippen molar-refractivity contribution in [3.8, 4) is 5.75 Å². The number of carbonyl (C=O) groups excluding carboxylic acids is 1. The van der Waals surface area contributed by atoms with Crippen LogP contribution in [0.2, 0.25) is 0 Å². The second-order valence-corrected chi connectivity index (χ2v) is 4.60. The second kappa shape index (κ2) is 5.87. The Labute approximate surface area is 107 Å². The molecule has 4 heteroatoms. The zero-order valence-electron chi connectivity index (χ0n) is 10.9. The number of rotatable bonds is 4. The average Bonchev–Trinajstić information content (AvgIpc) is 2.80. The van der Waals surface area contributed by atoms with Crippen molar-refractivity contribution < 1.29 is 14.4 Å². The maximum atomic E-state index is 11.7. The highest BCUT2D eigenvalue weighted by molar-refractivity contribution is 5.75. The summed E-state index contributed by atoms with van der Waals surface area (Å²) in [5.74, 6) is 0.819. The number of hydrogen-bond donors (Lipinski definition) is 0. The van der Waals surface area contributed by atoms with Crippen LogP contribution in [-0.2, 0) is 9.63 Å². The van der Waals surface area contributed by atoms with Crippen molar-refractivity contribution in [2.45, 2.75) is 26.7 Å². The van der Waals surface area contributed by atoms with E-state index in [2.05, 4.69) is 6.07 Å². The first-order valence-corrected chi connectivity index (χ1v) is 6.29. The van der Waals surface area contributed by atoms with E-state index in [1.54, 1.807) is 0 Å². The van der Waals surface area contributed by atoms with Crippen molar-refractivity contribution in [2.24, 2.45) is 0 Å². The summed E-state index contributed by atoms with van der Waals surface area (Å²) < 4.78 is 5.59. The third-order valence-corrected chi connectivity index (χ3v) is 2.81. The highest BCUT2D eigenvalue weighted by Crippen LogP contribution is 2.16. The molecule has 1 aliphatic rings. The molecule has 1 aromatic rings. The highest BCUT2D eigenvalue weighted by atomic mass is 16.7. The molecule has 1 heterocycles. The maximum Gasteiger partial charge on any atom is 0.249 e. The van der Waals surface area contributed by atoms with Crippen LogP contribution in [0.25, 0.3) is 0 Å². The van der Waals surface area contributed by atoms with Crippen LogP contribution in [0.4, 0.5) is 0 Å². The summed E-state index contributed by atoms with van der Waals surface area (Å²) in [6, 6.07) is 6.05. The molecule has 4 nitrogen and oxygen atoms in total. The van der Waals surface area contributed by atoms with E-state index in [1.807, 2.05) is 26.0 Å². The minimum atomic E-state index is -0.00289. The normalized spacial score (nSPS) is 14.9. The lowest BCUT2D eigenvalue weighted by Gasteiger charge is -2.14. The molecule has 0 saturated carbocycles. The van der Waals surface area contributed by atoms with Crippen molar-refractivity contribution in [1.29, 1.82) is 0 Å². The SMILES string of the molecule is Cc1cc(C)cc(OCCC(=O)N2CCCO2)c1. The minimum absolute atomic E-state index is 0.00289. The van der Waals surface area contributed by atoms with Gasteiger partial charge in [0.15, 0.2) is 0 Å². The van der Waals surface area contributed by atoms with Gasteiger partial charge in [-0.15, -0.1) is 0 Å². The Morgan fingerprint density at radius 1 is 1.33 bits per heavy atom. The van der Waals surface area contributed by atoms with Gasteiger partial charge in [-0.25, -0.2) is 5.06 Å². The van der Waals surface area contributed by atoms with E-state index < -0.39 is 0 Å². The van der Waals surface area contributed by atoms with Gasteiger partial charge in [0, 0.05) is 0 Å². The molecule has 0 unspecified atom stereocenters. The number of hydroxylamine groups is 2. The van der Waals surface area contributed by atoms with E-state index in [-0.39, 0.29) is 5.91 Å². The summed E-state index contributed by atoms with van der Waals surface area (Å²) in [6.45, 7) is 5.79. The Morgan fingerprint density at radius 2 is 2.06 bits per heavy atom. The van der Waals surface area contributed by atoms with Gasteiger partial charge >= 0.3 is 0 Å². The zero-order valence-corrected chi connectivity index (χ0v) is 10.9. The molecular formula is C14H19NO3. The van der Waals surface area contributed by atoms with Crippen LogP contribution in [0, 0.1) is 13.8 Å². The molecular weight excluding hydrogens is 230 g/mol. The number of hydrogen-bond acceptors (Lipinski definition) is 3. The number of benzene rings is 1. The third-order valence-electron chi connectivity index (χ3n) is 2.81. The lowest BCUT2D eigenvalue weighted by Crippen LogP contribution is -2.27. The Morgan fingerprint density at radius 3 is 2.67 bits per heavy atom. The molecule has 0 radical (unpaired) electrons. The van der Waals surface area contributed by atoms with Crippen molar-refractivity contribution in [1.82, 2.24) is 5.06 Å². The smallest absolute Gasteiger partial charge is 0.249 e. The molecule has 0 atom stereocenters. The number of carbonyl (C=O) groups is 1. The van der Waals surface area contributed by atoms with Crippen molar-refractivity contribution in [3.05, 3.63) is 29.3 Å². The van der Waals surface area contributed by atoms with Crippen LogP contribution in [-0.4, -0.2) is 30.7 Å². The Hall–Kier alpha value is -1.55. The molecule has 1 aliphatic heterocycles. The Kier molecular flexibility index (Phi) is 4.20. The first kappa shape index (κ1) is 12.9. The molecule has 0 N–H and O–H groups in total. The average molecular weight is 249 g/mol. The molecule has 0 spiro atoms. The number of nitrogens with zero attached hydrogens (tertiary/aromatic N) is 1. The molecule has 98 valence electrons. The molecule has 1 amide bonds. The van der Waals surface area contributed by atoms with Crippen molar-refractivity contribution in [2.75, 3.05) is 19.8 Å². The quantitative estimate of drug-likeness (QED) is 0.821. The molecule has 1 fully saturated rings. The predicted octanol–water partition coefficient (Wildman–Crippen LogP) is 2.24. The molecule has 0 aromatic heterocycles. The summed E-state index contributed by atoms with van der Waals surface area (Å²) in [5, 5.41) is 1.44. The molecule has 0 aliphatic carbocycles. The fourth-order valence-corrected chi connectivity index (χ4v) is 2.04. The first-order chi connectivity index (χ1) is 8.65. The summed E-state index contributed by atoms with van der Waals surface area (Å²) in [5.41, 5.74) is 2.33. The fraction of sp³-hybridized carbons (Fsp3) is 0.500. The van der Waals surface area contributed by atoms with E-state index in [4.69, 9.17) is 9.57 Å².